The lowest BCUT2D eigenvalue weighted by atomic mass is 10.1. The van der Waals surface area contributed by atoms with Gasteiger partial charge in [-0.3, -0.25) is 9.69 Å². The summed E-state index contributed by atoms with van der Waals surface area (Å²) >= 11 is 0. The van der Waals surface area contributed by atoms with E-state index in [1.165, 1.54) is 9.80 Å². The Labute approximate surface area is 220 Å². The average Bonchev–Trinajstić information content (AvgIpc) is 2.82. The predicted molar refractivity (Wildman–Crippen MR) is 142 cm³/mol. The van der Waals surface area contributed by atoms with Crippen molar-refractivity contribution < 1.29 is 23.9 Å². The molecule has 8 nitrogen and oxygen atoms in total. The van der Waals surface area contributed by atoms with Gasteiger partial charge in [0.15, 0.2) is 0 Å². The Morgan fingerprint density at radius 1 is 0.757 bits per heavy atom. The van der Waals surface area contributed by atoms with E-state index in [4.69, 9.17) is 9.47 Å². The number of nitrogens with zero attached hydrogens (tertiary/aromatic N) is 3. The van der Waals surface area contributed by atoms with Crippen LogP contribution in [0.2, 0.25) is 0 Å². The number of carbonyl (C=O) groups is 3. The van der Waals surface area contributed by atoms with Crippen molar-refractivity contribution in [2.45, 2.75) is 71.9 Å². The molecule has 0 aromatic heterocycles. The van der Waals surface area contributed by atoms with Gasteiger partial charge in [-0.15, -0.1) is 0 Å². The zero-order valence-corrected chi connectivity index (χ0v) is 22.8. The lowest BCUT2D eigenvalue weighted by molar-refractivity contribution is -0.140. The van der Waals surface area contributed by atoms with Gasteiger partial charge in [-0.1, -0.05) is 60.7 Å². The van der Waals surface area contributed by atoms with Crippen molar-refractivity contribution >= 4 is 18.1 Å². The lowest BCUT2D eigenvalue weighted by Crippen LogP contribution is -2.62. The fourth-order valence-electron chi connectivity index (χ4n) is 4.06. The number of hydrogen-bond acceptors (Lipinski definition) is 5. The topological polar surface area (TPSA) is 79.4 Å². The van der Waals surface area contributed by atoms with E-state index in [-0.39, 0.29) is 25.5 Å². The van der Waals surface area contributed by atoms with Gasteiger partial charge >= 0.3 is 12.2 Å². The molecule has 2 aromatic rings. The van der Waals surface area contributed by atoms with E-state index in [0.29, 0.717) is 13.1 Å². The maximum Gasteiger partial charge on any atom is 0.411 e. The first-order valence-corrected chi connectivity index (χ1v) is 12.7. The van der Waals surface area contributed by atoms with Crippen LogP contribution in [0.3, 0.4) is 0 Å². The zero-order valence-electron chi connectivity index (χ0n) is 22.8. The minimum absolute atomic E-state index is 0.0209. The molecular formula is C29H39N3O5. The molecule has 1 saturated heterocycles. The number of rotatable bonds is 5. The largest absolute Gasteiger partial charge is 0.444 e. The fourth-order valence-corrected chi connectivity index (χ4v) is 4.06. The van der Waals surface area contributed by atoms with Crippen molar-refractivity contribution in [2.75, 3.05) is 19.6 Å². The van der Waals surface area contributed by atoms with Crippen LogP contribution in [-0.2, 0) is 27.4 Å². The average molecular weight is 510 g/mol. The molecule has 1 aliphatic heterocycles. The molecule has 37 heavy (non-hydrogen) atoms. The summed E-state index contributed by atoms with van der Waals surface area (Å²) in [6, 6.07) is 18.5. The van der Waals surface area contributed by atoms with Crippen molar-refractivity contribution in [3.05, 3.63) is 71.8 Å². The molecule has 0 aliphatic carbocycles. The normalized spacial score (nSPS) is 16.2. The Bertz CT molecular complexity index is 1020. The molecule has 0 saturated carbocycles. The van der Waals surface area contributed by atoms with E-state index >= 15 is 0 Å². The van der Waals surface area contributed by atoms with Crippen molar-refractivity contribution in [1.82, 2.24) is 14.7 Å². The molecule has 1 aliphatic rings. The second-order valence-corrected chi connectivity index (χ2v) is 11.3. The van der Waals surface area contributed by atoms with E-state index in [1.54, 1.807) is 46.4 Å². The van der Waals surface area contributed by atoms with Crippen LogP contribution >= 0.6 is 0 Å². The minimum Gasteiger partial charge on any atom is -0.444 e. The third-order valence-electron chi connectivity index (χ3n) is 5.69. The summed E-state index contributed by atoms with van der Waals surface area (Å²) in [6.45, 7) is 11.9. The number of carbonyl (C=O) groups excluding carboxylic acids is 3. The van der Waals surface area contributed by atoms with Crippen LogP contribution < -0.4 is 0 Å². The van der Waals surface area contributed by atoms with E-state index in [2.05, 4.69) is 0 Å². The first kappa shape index (κ1) is 28.0. The molecule has 3 rings (SSSR count). The quantitative estimate of drug-likeness (QED) is 0.562. The first-order valence-electron chi connectivity index (χ1n) is 12.7. The van der Waals surface area contributed by atoms with Crippen LogP contribution in [0.1, 0.15) is 52.7 Å². The minimum atomic E-state index is -0.913. The predicted octanol–water partition coefficient (Wildman–Crippen LogP) is 5.07. The van der Waals surface area contributed by atoms with Gasteiger partial charge < -0.3 is 19.3 Å². The Morgan fingerprint density at radius 3 is 1.68 bits per heavy atom. The van der Waals surface area contributed by atoms with Crippen LogP contribution in [-0.4, -0.2) is 69.7 Å². The number of piperazine rings is 1. The van der Waals surface area contributed by atoms with Crippen LogP contribution in [0.5, 0.6) is 0 Å². The summed E-state index contributed by atoms with van der Waals surface area (Å²) in [4.78, 5) is 44.9. The van der Waals surface area contributed by atoms with Gasteiger partial charge in [0.05, 0.1) is 6.54 Å². The smallest absolute Gasteiger partial charge is 0.411 e. The van der Waals surface area contributed by atoms with Gasteiger partial charge in [0.25, 0.3) is 0 Å². The number of hydrogen-bond donors (Lipinski definition) is 0. The van der Waals surface area contributed by atoms with Crippen LogP contribution in [0.25, 0.3) is 0 Å². The summed E-state index contributed by atoms with van der Waals surface area (Å²) in [6.07, 6.45) is -1.08. The Morgan fingerprint density at radius 2 is 1.22 bits per heavy atom. The van der Waals surface area contributed by atoms with Gasteiger partial charge in [-0.2, -0.15) is 0 Å². The van der Waals surface area contributed by atoms with Crippen molar-refractivity contribution in [3.8, 4) is 0 Å². The van der Waals surface area contributed by atoms with Gasteiger partial charge in [0, 0.05) is 26.2 Å². The molecular weight excluding hydrogens is 470 g/mol. The number of ether oxygens (including phenoxy) is 2. The Kier molecular flexibility index (Phi) is 8.84. The van der Waals surface area contributed by atoms with E-state index in [0.717, 1.165) is 11.1 Å². The van der Waals surface area contributed by atoms with E-state index in [9.17, 15) is 14.4 Å². The highest BCUT2D eigenvalue weighted by Crippen LogP contribution is 2.22. The molecule has 1 heterocycles. The highest BCUT2D eigenvalue weighted by atomic mass is 16.6. The second-order valence-electron chi connectivity index (χ2n) is 11.3. The van der Waals surface area contributed by atoms with Crippen LogP contribution in [0.15, 0.2) is 60.7 Å². The molecule has 0 unspecified atom stereocenters. The molecule has 0 N–H and O–H groups in total. The Hall–Kier alpha value is -3.55. The second kappa shape index (κ2) is 11.7. The van der Waals surface area contributed by atoms with E-state index in [1.807, 2.05) is 60.7 Å². The molecule has 1 fully saturated rings. The molecule has 3 amide bonds. The van der Waals surface area contributed by atoms with Gasteiger partial charge in [0.1, 0.15) is 17.2 Å². The summed E-state index contributed by atoms with van der Waals surface area (Å²) in [5.41, 5.74) is 0.539. The maximum atomic E-state index is 14.1. The van der Waals surface area contributed by atoms with Crippen LogP contribution in [0.4, 0.5) is 9.59 Å². The molecule has 2 aromatic carbocycles. The molecule has 0 bridgehead atoms. The number of amides is 3. The summed E-state index contributed by atoms with van der Waals surface area (Å²) in [7, 11) is 0. The monoisotopic (exact) mass is 509 g/mol. The summed E-state index contributed by atoms with van der Waals surface area (Å²) in [5.74, 6) is -0.258. The SMILES string of the molecule is CC(C)(C)OC(=O)N1CCN(C(=O)OC(C)(C)C)[C@H](C(=O)N(Cc2ccccc2)Cc2ccccc2)C1. The van der Waals surface area contributed by atoms with E-state index < -0.39 is 29.4 Å². The standard InChI is InChI=1S/C29H39N3O5/c1-28(2,3)36-26(34)30-17-18-32(27(35)37-29(4,5)6)24(21-30)25(33)31(19-22-13-9-7-10-14-22)20-23-15-11-8-12-16-23/h7-16,24H,17-21H2,1-6H3/t24-/m0/s1. The van der Waals surface area contributed by atoms with Crippen LogP contribution in [0, 0.1) is 0 Å². The molecule has 0 spiro atoms. The zero-order chi connectivity index (χ0) is 27.2. The van der Waals surface area contributed by atoms with Crippen molar-refractivity contribution in [3.63, 3.8) is 0 Å². The Balaban J connectivity index is 1.92. The number of benzene rings is 2. The van der Waals surface area contributed by atoms with Gasteiger partial charge in [-0.05, 0) is 52.7 Å². The first-order chi connectivity index (χ1) is 17.3. The third-order valence-corrected chi connectivity index (χ3v) is 5.69. The molecule has 200 valence electrons. The van der Waals surface area contributed by atoms with Gasteiger partial charge in [-0.25, -0.2) is 9.59 Å². The van der Waals surface area contributed by atoms with Crippen molar-refractivity contribution in [1.29, 1.82) is 0 Å². The molecule has 8 heteroatoms. The highest BCUT2D eigenvalue weighted by Gasteiger charge is 2.41. The maximum absolute atomic E-state index is 14.1. The fraction of sp³-hybridized carbons (Fsp3) is 0.483. The van der Waals surface area contributed by atoms with Gasteiger partial charge in [0.2, 0.25) is 5.91 Å². The molecule has 1 atom stereocenters. The lowest BCUT2D eigenvalue weighted by Gasteiger charge is -2.42. The van der Waals surface area contributed by atoms with Crippen molar-refractivity contribution in [2.24, 2.45) is 0 Å². The summed E-state index contributed by atoms with van der Waals surface area (Å²) < 4.78 is 11.2. The summed E-state index contributed by atoms with van der Waals surface area (Å²) in [5, 5.41) is 0. The molecule has 0 radical (unpaired) electrons. The third kappa shape index (κ3) is 8.51. The highest BCUT2D eigenvalue weighted by molar-refractivity contribution is 5.87.